The van der Waals surface area contributed by atoms with Crippen molar-refractivity contribution in [1.29, 1.82) is 0 Å². The predicted octanol–water partition coefficient (Wildman–Crippen LogP) is 2.14. The third-order valence-corrected chi connectivity index (χ3v) is 3.95. The van der Waals surface area contributed by atoms with E-state index in [0.717, 1.165) is 25.6 Å². The molecule has 1 aromatic rings. The minimum atomic E-state index is 0.509. The normalized spacial score (nSPS) is 28.9. The molecule has 0 aromatic carbocycles. The van der Waals surface area contributed by atoms with Gasteiger partial charge in [-0.15, -0.1) is 0 Å². The van der Waals surface area contributed by atoms with Gasteiger partial charge in [0.1, 0.15) is 17.3 Å². The monoisotopic (exact) mass is 253 g/mol. The van der Waals surface area contributed by atoms with Crippen LogP contribution in [0.2, 0.25) is 5.15 Å². The van der Waals surface area contributed by atoms with Gasteiger partial charge < -0.3 is 9.64 Å². The van der Waals surface area contributed by atoms with Gasteiger partial charge in [0.25, 0.3) is 0 Å². The molecular weight excluding hydrogens is 238 g/mol. The van der Waals surface area contributed by atoms with Crippen molar-refractivity contribution < 1.29 is 4.74 Å². The molecule has 1 aliphatic carbocycles. The molecule has 17 heavy (non-hydrogen) atoms. The molecule has 2 heterocycles. The van der Waals surface area contributed by atoms with Gasteiger partial charge in [0.05, 0.1) is 13.2 Å². The summed E-state index contributed by atoms with van der Waals surface area (Å²) in [5, 5.41) is 0.509. The standard InChI is InChI=1S/C12H16ClN3O/c13-11-6-12(15-8-14-11)16-4-5-17-7-9-2-1-3-10(9)16/h6,8-10H,1-5,7H2/t9-,10+/m0/s1. The van der Waals surface area contributed by atoms with E-state index in [9.17, 15) is 0 Å². The first-order valence-electron chi connectivity index (χ1n) is 6.16. The lowest BCUT2D eigenvalue weighted by atomic mass is 10.0. The molecule has 1 aliphatic heterocycles. The summed E-state index contributed by atoms with van der Waals surface area (Å²) in [4.78, 5) is 10.6. The van der Waals surface area contributed by atoms with Gasteiger partial charge in [-0.2, -0.15) is 0 Å². The second-order valence-corrected chi connectivity index (χ2v) is 5.11. The summed E-state index contributed by atoms with van der Waals surface area (Å²) in [7, 11) is 0. The van der Waals surface area contributed by atoms with Gasteiger partial charge in [-0.05, 0) is 12.8 Å². The molecule has 0 amide bonds. The minimum Gasteiger partial charge on any atom is -0.379 e. The summed E-state index contributed by atoms with van der Waals surface area (Å²) in [6.07, 6.45) is 5.32. The van der Waals surface area contributed by atoms with E-state index in [0.29, 0.717) is 17.1 Å². The highest BCUT2D eigenvalue weighted by Crippen LogP contribution is 2.34. The fourth-order valence-electron chi connectivity index (χ4n) is 2.95. The van der Waals surface area contributed by atoms with Crippen molar-refractivity contribution in [3.05, 3.63) is 17.5 Å². The number of hydrogen-bond acceptors (Lipinski definition) is 4. The molecular formula is C12H16ClN3O. The van der Waals surface area contributed by atoms with Crippen LogP contribution in [0.4, 0.5) is 5.82 Å². The van der Waals surface area contributed by atoms with Crippen LogP contribution in [0, 0.1) is 5.92 Å². The summed E-state index contributed by atoms with van der Waals surface area (Å²) in [6.45, 7) is 2.56. The van der Waals surface area contributed by atoms with Crippen molar-refractivity contribution >= 4 is 17.4 Å². The molecule has 0 bridgehead atoms. The van der Waals surface area contributed by atoms with Gasteiger partial charge in [0, 0.05) is 24.6 Å². The molecule has 2 fully saturated rings. The van der Waals surface area contributed by atoms with Gasteiger partial charge in [0.2, 0.25) is 0 Å². The number of aromatic nitrogens is 2. The van der Waals surface area contributed by atoms with Crippen LogP contribution in [0.25, 0.3) is 0 Å². The Morgan fingerprint density at radius 2 is 2.29 bits per heavy atom. The van der Waals surface area contributed by atoms with E-state index in [1.165, 1.54) is 25.6 Å². The average Bonchev–Trinajstić information content (AvgIpc) is 2.69. The number of anilines is 1. The van der Waals surface area contributed by atoms with Gasteiger partial charge in [-0.1, -0.05) is 18.0 Å². The third-order valence-electron chi connectivity index (χ3n) is 3.74. The van der Waals surface area contributed by atoms with Crippen LogP contribution in [-0.2, 0) is 4.74 Å². The summed E-state index contributed by atoms with van der Waals surface area (Å²) in [5.41, 5.74) is 0. The minimum absolute atomic E-state index is 0.509. The van der Waals surface area contributed by atoms with Crippen LogP contribution in [0.1, 0.15) is 19.3 Å². The quantitative estimate of drug-likeness (QED) is 0.719. The summed E-state index contributed by atoms with van der Waals surface area (Å²) < 4.78 is 5.67. The Bertz CT molecular complexity index is 401. The topological polar surface area (TPSA) is 38.2 Å². The number of halogens is 1. The van der Waals surface area contributed by atoms with E-state index in [-0.39, 0.29) is 0 Å². The Balaban J connectivity index is 1.89. The number of nitrogens with zero attached hydrogens (tertiary/aromatic N) is 3. The summed E-state index contributed by atoms with van der Waals surface area (Å²) in [6, 6.07) is 2.41. The number of hydrogen-bond donors (Lipinski definition) is 0. The Kier molecular flexibility index (Phi) is 3.16. The van der Waals surface area contributed by atoms with E-state index >= 15 is 0 Å². The molecule has 0 spiro atoms. The predicted molar refractivity (Wildman–Crippen MR) is 66.3 cm³/mol. The van der Waals surface area contributed by atoms with E-state index in [1.54, 1.807) is 0 Å². The van der Waals surface area contributed by atoms with E-state index < -0.39 is 0 Å². The highest BCUT2D eigenvalue weighted by atomic mass is 35.5. The molecule has 5 heteroatoms. The van der Waals surface area contributed by atoms with Crippen LogP contribution < -0.4 is 4.90 Å². The molecule has 1 aromatic heterocycles. The van der Waals surface area contributed by atoms with Crippen molar-refractivity contribution in [3.8, 4) is 0 Å². The van der Waals surface area contributed by atoms with Gasteiger partial charge >= 0.3 is 0 Å². The Hall–Kier alpha value is -0.870. The average molecular weight is 254 g/mol. The number of rotatable bonds is 1. The number of fused-ring (bicyclic) bond motifs is 1. The van der Waals surface area contributed by atoms with Crippen LogP contribution in [0.5, 0.6) is 0 Å². The maximum absolute atomic E-state index is 5.94. The molecule has 1 saturated carbocycles. The van der Waals surface area contributed by atoms with Crippen LogP contribution in [0.3, 0.4) is 0 Å². The summed E-state index contributed by atoms with van der Waals surface area (Å²) >= 11 is 5.94. The molecule has 0 unspecified atom stereocenters. The fraction of sp³-hybridized carbons (Fsp3) is 0.667. The zero-order valence-electron chi connectivity index (χ0n) is 9.68. The van der Waals surface area contributed by atoms with Crippen molar-refractivity contribution in [2.24, 2.45) is 5.92 Å². The Labute approximate surface area is 106 Å². The maximum atomic E-state index is 5.94. The largest absolute Gasteiger partial charge is 0.379 e. The second kappa shape index (κ2) is 4.78. The third kappa shape index (κ3) is 2.24. The molecule has 0 N–H and O–H groups in total. The van der Waals surface area contributed by atoms with E-state index in [4.69, 9.17) is 16.3 Å². The molecule has 3 rings (SSSR count). The number of ether oxygens (including phenoxy) is 1. The van der Waals surface area contributed by atoms with Crippen molar-refractivity contribution in [3.63, 3.8) is 0 Å². The first-order valence-corrected chi connectivity index (χ1v) is 6.54. The molecule has 4 nitrogen and oxygen atoms in total. The van der Waals surface area contributed by atoms with Crippen molar-refractivity contribution in [2.75, 3.05) is 24.7 Å². The zero-order valence-corrected chi connectivity index (χ0v) is 10.4. The van der Waals surface area contributed by atoms with E-state index in [1.807, 2.05) is 6.07 Å². The highest BCUT2D eigenvalue weighted by molar-refractivity contribution is 6.29. The fourth-order valence-corrected chi connectivity index (χ4v) is 3.09. The highest BCUT2D eigenvalue weighted by Gasteiger charge is 2.34. The Morgan fingerprint density at radius 1 is 1.35 bits per heavy atom. The Morgan fingerprint density at radius 3 is 3.18 bits per heavy atom. The zero-order chi connectivity index (χ0) is 11.7. The molecule has 2 atom stereocenters. The van der Waals surface area contributed by atoms with Crippen LogP contribution >= 0.6 is 11.6 Å². The molecule has 1 saturated heterocycles. The van der Waals surface area contributed by atoms with Gasteiger partial charge in [-0.25, -0.2) is 9.97 Å². The van der Waals surface area contributed by atoms with Gasteiger partial charge in [0.15, 0.2) is 0 Å². The van der Waals surface area contributed by atoms with Crippen molar-refractivity contribution in [1.82, 2.24) is 9.97 Å². The van der Waals surface area contributed by atoms with E-state index in [2.05, 4.69) is 14.9 Å². The molecule has 92 valence electrons. The lowest BCUT2D eigenvalue weighted by molar-refractivity contribution is 0.121. The summed E-state index contributed by atoms with van der Waals surface area (Å²) in [5.74, 6) is 1.58. The van der Waals surface area contributed by atoms with Crippen LogP contribution in [0.15, 0.2) is 12.4 Å². The maximum Gasteiger partial charge on any atom is 0.134 e. The SMILES string of the molecule is Clc1cc(N2CCOC[C@@H]3CCC[C@H]32)ncn1. The smallest absolute Gasteiger partial charge is 0.134 e. The first-order chi connectivity index (χ1) is 8.34. The van der Waals surface area contributed by atoms with Gasteiger partial charge in [-0.3, -0.25) is 0 Å². The lowest BCUT2D eigenvalue weighted by Gasteiger charge is -2.30. The van der Waals surface area contributed by atoms with Crippen LogP contribution in [-0.4, -0.2) is 35.8 Å². The van der Waals surface area contributed by atoms with Crippen molar-refractivity contribution in [2.45, 2.75) is 25.3 Å². The lowest BCUT2D eigenvalue weighted by Crippen LogP contribution is -2.38. The molecule has 0 radical (unpaired) electrons. The second-order valence-electron chi connectivity index (χ2n) is 4.73. The molecule has 2 aliphatic rings. The first kappa shape index (κ1) is 11.2.